The highest BCUT2D eigenvalue weighted by molar-refractivity contribution is 5.52. The third-order valence-electron chi connectivity index (χ3n) is 16.7. The lowest BCUT2D eigenvalue weighted by Crippen LogP contribution is -2.55. The Morgan fingerprint density at radius 2 is 1.32 bits per heavy atom. The maximum atomic E-state index is 6.41. The number of nitrogen functional groups attached to an aromatic ring is 2. The third-order valence-corrected chi connectivity index (χ3v) is 16.7. The van der Waals surface area contributed by atoms with Crippen molar-refractivity contribution in [2.45, 2.75) is 131 Å². The second kappa shape index (κ2) is 15.7. The topological polar surface area (TPSA) is 70.5 Å². The van der Waals surface area contributed by atoms with Crippen LogP contribution in [-0.2, 0) is 5.41 Å². The van der Waals surface area contributed by atoms with E-state index in [9.17, 15) is 0 Å². The smallest absolute Gasteiger partial charge is 0.130 e. The van der Waals surface area contributed by atoms with Crippen LogP contribution in [0.25, 0.3) is 0 Å². The molecule has 4 N–H and O–H groups in total. The van der Waals surface area contributed by atoms with Gasteiger partial charge < -0.3 is 20.9 Å². The normalized spacial score (nSPS) is 31.3. The van der Waals surface area contributed by atoms with Gasteiger partial charge in [0.25, 0.3) is 0 Å². The first-order valence-corrected chi connectivity index (χ1v) is 22.6. The SMILES string of the molecule is Cc1cc(Oc2ccc(C3(c4ccc(Oc5ccc(N)cc5)c(C)c4)CCC4(C)C(CCC5C4CCC4(C)C(C(C)CCCC(C)C)CCC54)C3)cc2)ccc1N. The van der Waals surface area contributed by atoms with Gasteiger partial charge >= 0.3 is 0 Å². The lowest BCUT2D eigenvalue weighted by molar-refractivity contribution is -0.122. The molecule has 4 nitrogen and oxygen atoms in total. The summed E-state index contributed by atoms with van der Waals surface area (Å²) in [4.78, 5) is 0. The van der Waals surface area contributed by atoms with Crippen LogP contribution >= 0.6 is 0 Å². The zero-order valence-corrected chi connectivity index (χ0v) is 36.1. The van der Waals surface area contributed by atoms with Crippen molar-refractivity contribution < 1.29 is 9.47 Å². The minimum atomic E-state index is -0.0785. The number of rotatable bonds is 11. The fourth-order valence-electron chi connectivity index (χ4n) is 13.4. The minimum Gasteiger partial charge on any atom is -0.457 e. The van der Waals surface area contributed by atoms with Gasteiger partial charge in [-0.15, -0.1) is 0 Å². The first kappa shape index (κ1) is 39.9. The van der Waals surface area contributed by atoms with Crippen molar-refractivity contribution in [1.82, 2.24) is 0 Å². The Morgan fingerprint density at radius 3 is 2.04 bits per heavy atom. The van der Waals surface area contributed by atoms with Crippen molar-refractivity contribution in [3.05, 3.63) is 107 Å². The Hall–Kier alpha value is -3.92. The van der Waals surface area contributed by atoms with E-state index in [0.717, 1.165) is 81.9 Å². The molecular formula is C53H70N2O2. The van der Waals surface area contributed by atoms with E-state index in [2.05, 4.69) is 84.0 Å². The second-order valence-electron chi connectivity index (χ2n) is 20.3. The number of ether oxygens (including phenoxy) is 2. The molecule has 0 bridgehead atoms. The Kier molecular flexibility index (Phi) is 11.0. The summed E-state index contributed by atoms with van der Waals surface area (Å²) in [6, 6.07) is 29.7. The second-order valence-corrected chi connectivity index (χ2v) is 20.3. The summed E-state index contributed by atoms with van der Waals surface area (Å²) in [6.07, 6.45) is 16.4. The molecule has 4 aliphatic carbocycles. The molecule has 0 aliphatic heterocycles. The predicted octanol–water partition coefficient (Wildman–Crippen LogP) is 14.5. The van der Waals surface area contributed by atoms with Gasteiger partial charge in [-0.25, -0.2) is 0 Å². The molecule has 0 amide bonds. The van der Waals surface area contributed by atoms with Crippen molar-refractivity contribution in [2.75, 3.05) is 11.5 Å². The summed E-state index contributed by atoms with van der Waals surface area (Å²) in [7, 11) is 0. The van der Waals surface area contributed by atoms with Gasteiger partial charge in [0.2, 0.25) is 0 Å². The number of fused-ring (bicyclic) bond motifs is 5. The highest BCUT2D eigenvalue weighted by Crippen LogP contribution is 2.70. The summed E-state index contributed by atoms with van der Waals surface area (Å²) in [6.45, 7) is 17.1. The van der Waals surface area contributed by atoms with Crippen LogP contribution in [0.2, 0.25) is 0 Å². The molecular weight excluding hydrogens is 697 g/mol. The van der Waals surface area contributed by atoms with E-state index in [1.165, 1.54) is 87.3 Å². The van der Waals surface area contributed by atoms with Gasteiger partial charge in [-0.3, -0.25) is 0 Å². The fraction of sp³-hybridized carbons (Fsp3) is 0.547. The van der Waals surface area contributed by atoms with E-state index < -0.39 is 0 Å². The molecule has 4 aliphatic rings. The van der Waals surface area contributed by atoms with Crippen LogP contribution in [-0.4, -0.2) is 0 Å². The molecule has 4 saturated carbocycles. The van der Waals surface area contributed by atoms with Gasteiger partial charge in [0.1, 0.15) is 23.0 Å². The zero-order valence-electron chi connectivity index (χ0n) is 36.1. The molecule has 4 fully saturated rings. The minimum absolute atomic E-state index is 0.0785. The number of anilines is 2. The molecule has 8 rings (SSSR count). The maximum Gasteiger partial charge on any atom is 0.130 e. The summed E-state index contributed by atoms with van der Waals surface area (Å²) in [5.41, 5.74) is 19.5. The number of hydrogen-bond acceptors (Lipinski definition) is 4. The molecule has 304 valence electrons. The molecule has 0 spiro atoms. The summed E-state index contributed by atoms with van der Waals surface area (Å²) in [5, 5.41) is 0. The van der Waals surface area contributed by atoms with Crippen molar-refractivity contribution in [3.8, 4) is 23.0 Å². The predicted molar refractivity (Wildman–Crippen MR) is 238 cm³/mol. The van der Waals surface area contributed by atoms with Gasteiger partial charge in [0, 0.05) is 16.8 Å². The number of hydrogen-bond donors (Lipinski definition) is 2. The van der Waals surface area contributed by atoms with Crippen LogP contribution in [0.15, 0.2) is 84.9 Å². The molecule has 0 aromatic heterocycles. The largest absolute Gasteiger partial charge is 0.457 e. The van der Waals surface area contributed by atoms with Gasteiger partial charge in [-0.1, -0.05) is 78.1 Å². The van der Waals surface area contributed by atoms with Crippen LogP contribution in [0.3, 0.4) is 0 Å². The van der Waals surface area contributed by atoms with Crippen molar-refractivity contribution in [2.24, 2.45) is 52.3 Å². The van der Waals surface area contributed by atoms with E-state index in [-0.39, 0.29) is 5.41 Å². The van der Waals surface area contributed by atoms with Crippen LogP contribution in [0.4, 0.5) is 11.4 Å². The zero-order chi connectivity index (χ0) is 40.1. The monoisotopic (exact) mass is 767 g/mol. The number of aryl methyl sites for hydroxylation is 2. The Bertz CT molecular complexity index is 2020. The third kappa shape index (κ3) is 7.49. The Morgan fingerprint density at radius 1 is 0.632 bits per heavy atom. The van der Waals surface area contributed by atoms with E-state index in [1.54, 1.807) is 0 Å². The molecule has 0 radical (unpaired) electrons. The average Bonchev–Trinajstić information content (AvgIpc) is 3.55. The highest BCUT2D eigenvalue weighted by atomic mass is 16.5. The van der Waals surface area contributed by atoms with Gasteiger partial charge in [0.15, 0.2) is 0 Å². The fourth-order valence-corrected chi connectivity index (χ4v) is 13.4. The van der Waals surface area contributed by atoms with Crippen molar-refractivity contribution in [1.29, 1.82) is 0 Å². The Labute approximate surface area is 344 Å². The molecule has 4 aromatic carbocycles. The first-order chi connectivity index (χ1) is 27.3. The standard InChI is InChI=1S/C53H70N2O2/c1-34(2)9-8-10-35(3)46-23-24-47-45-22-13-40-33-53(30-29-51(40,6)48(45)27-28-52(46,47)7,38-11-17-42(18-12-38)56-44-21-25-49(55)36(4)32-44)39-14-26-50(37(5)31-39)57-43-19-15-41(54)16-20-43/h11-12,14-21,25-26,31-32,34-35,40,45-48H,8-10,13,22-24,27-30,33,54-55H2,1-7H3. The summed E-state index contributed by atoms with van der Waals surface area (Å²) >= 11 is 0. The molecule has 9 atom stereocenters. The van der Waals surface area contributed by atoms with Crippen molar-refractivity contribution in [3.63, 3.8) is 0 Å². The van der Waals surface area contributed by atoms with Gasteiger partial charge in [0.05, 0.1) is 0 Å². The maximum absolute atomic E-state index is 6.41. The van der Waals surface area contributed by atoms with E-state index in [4.69, 9.17) is 20.9 Å². The van der Waals surface area contributed by atoms with Crippen LogP contribution in [0.1, 0.15) is 134 Å². The Balaban J connectivity index is 1.07. The summed E-state index contributed by atoms with van der Waals surface area (Å²) < 4.78 is 12.8. The van der Waals surface area contributed by atoms with E-state index in [1.807, 2.05) is 49.4 Å². The average molecular weight is 767 g/mol. The van der Waals surface area contributed by atoms with Gasteiger partial charge in [-0.05, 0) is 207 Å². The molecule has 0 heterocycles. The molecule has 57 heavy (non-hydrogen) atoms. The number of nitrogens with two attached hydrogens (primary N) is 2. The van der Waals surface area contributed by atoms with Crippen LogP contribution in [0, 0.1) is 66.1 Å². The molecule has 9 unspecified atom stereocenters. The highest BCUT2D eigenvalue weighted by Gasteiger charge is 2.62. The quantitative estimate of drug-likeness (QED) is 0.149. The number of benzene rings is 4. The van der Waals surface area contributed by atoms with E-state index >= 15 is 0 Å². The molecule has 4 heteroatoms. The van der Waals surface area contributed by atoms with Gasteiger partial charge in [-0.2, -0.15) is 0 Å². The summed E-state index contributed by atoms with van der Waals surface area (Å²) in [5.74, 6) is 9.32. The van der Waals surface area contributed by atoms with E-state index in [0.29, 0.717) is 16.7 Å². The molecule has 0 saturated heterocycles. The van der Waals surface area contributed by atoms with Crippen LogP contribution < -0.4 is 20.9 Å². The first-order valence-electron chi connectivity index (χ1n) is 22.6. The lowest BCUT2D eigenvalue weighted by Gasteiger charge is -2.63. The van der Waals surface area contributed by atoms with Crippen molar-refractivity contribution >= 4 is 11.4 Å². The lowest BCUT2D eigenvalue weighted by atomic mass is 9.42. The van der Waals surface area contributed by atoms with Crippen LogP contribution in [0.5, 0.6) is 23.0 Å². The molecule has 4 aromatic rings.